The smallest absolute Gasteiger partial charge is 0.107 e. The van der Waals surface area contributed by atoms with Gasteiger partial charge in [0.25, 0.3) is 0 Å². The van der Waals surface area contributed by atoms with E-state index in [0.717, 1.165) is 48.7 Å². The van der Waals surface area contributed by atoms with E-state index in [-0.39, 0.29) is 5.92 Å². The average Bonchev–Trinajstić information content (AvgIpc) is 3.48. The molecule has 0 radical (unpaired) electrons. The summed E-state index contributed by atoms with van der Waals surface area (Å²) in [6.07, 6.45) is 10.0. The highest BCUT2D eigenvalue weighted by Gasteiger charge is 2.22. The molecule has 0 aliphatic carbocycles. The van der Waals surface area contributed by atoms with Gasteiger partial charge in [-0.25, -0.2) is 0 Å². The van der Waals surface area contributed by atoms with E-state index in [0.29, 0.717) is 0 Å². The van der Waals surface area contributed by atoms with Crippen molar-refractivity contribution in [2.75, 3.05) is 0 Å². The van der Waals surface area contributed by atoms with Gasteiger partial charge in [0.2, 0.25) is 0 Å². The van der Waals surface area contributed by atoms with Gasteiger partial charge in [-0.1, -0.05) is 11.1 Å². The van der Waals surface area contributed by atoms with Gasteiger partial charge >= 0.3 is 0 Å². The minimum atomic E-state index is 0.234. The second-order valence-electron chi connectivity index (χ2n) is 7.08. The van der Waals surface area contributed by atoms with E-state index in [1.165, 1.54) is 11.1 Å². The lowest BCUT2D eigenvalue weighted by atomic mass is 9.84. The van der Waals surface area contributed by atoms with Crippen LogP contribution in [-0.4, -0.2) is 0 Å². The summed E-state index contributed by atoms with van der Waals surface area (Å²) in [6, 6.07) is 15.8. The monoisotopic (exact) mass is 376 g/mol. The Bertz CT molecular complexity index is 920. The SMILES string of the molecule is CC(Cc1ccco1)=C(Cc1ccco1)C(Cc1ccco1)Cc1ccco1. The van der Waals surface area contributed by atoms with E-state index >= 15 is 0 Å². The lowest BCUT2D eigenvalue weighted by Gasteiger charge is -2.21. The zero-order chi connectivity index (χ0) is 19.2. The Morgan fingerprint density at radius 3 is 1.50 bits per heavy atom. The molecule has 4 heteroatoms. The second-order valence-corrected chi connectivity index (χ2v) is 7.08. The van der Waals surface area contributed by atoms with Crippen LogP contribution in [0.4, 0.5) is 0 Å². The summed E-state index contributed by atoms with van der Waals surface area (Å²) in [5, 5.41) is 0. The van der Waals surface area contributed by atoms with E-state index in [1.54, 1.807) is 25.1 Å². The average molecular weight is 376 g/mol. The molecule has 0 unspecified atom stereocenters. The Kier molecular flexibility index (Phi) is 5.66. The van der Waals surface area contributed by atoms with Gasteiger partial charge in [-0.15, -0.1) is 0 Å². The molecule has 4 aromatic rings. The Labute approximate surface area is 164 Å². The molecule has 144 valence electrons. The Hall–Kier alpha value is -3.14. The number of hydrogen-bond donors (Lipinski definition) is 0. The summed E-state index contributed by atoms with van der Waals surface area (Å²) in [5.41, 5.74) is 2.62. The van der Waals surface area contributed by atoms with Crippen molar-refractivity contribution in [2.24, 2.45) is 5.92 Å². The summed E-state index contributed by atoms with van der Waals surface area (Å²) >= 11 is 0. The van der Waals surface area contributed by atoms with Gasteiger partial charge in [0.15, 0.2) is 0 Å². The van der Waals surface area contributed by atoms with Crippen molar-refractivity contribution in [3.8, 4) is 0 Å². The van der Waals surface area contributed by atoms with E-state index in [2.05, 4.69) is 6.92 Å². The zero-order valence-corrected chi connectivity index (χ0v) is 16.0. The van der Waals surface area contributed by atoms with Crippen LogP contribution in [0.15, 0.2) is 102 Å². The molecule has 0 atom stereocenters. The molecule has 0 aliphatic heterocycles. The molecule has 28 heavy (non-hydrogen) atoms. The molecule has 4 rings (SSSR count). The van der Waals surface area contributed by atoms with Crippen molar-refractivity contribution in [1.82, 2.24) is 0 Å². The van der Waals surface area contributed by atoms with Crippen molar-refractivity contribution in [1.29, 1.82) is 0 Å². The predicted octanol–water partition coefficient (Wildman–Crippen LogP) is 6.26. The van der Waals surface area contributed by atoms with Crippen LogP contribution in [0.2, 0.25) is 0 Å². The first kappa shape index (κ1) is 18.2. The molecular formula is C24H24O4. The van der Waals surface area contributed by atoms with Crippen LogP contribution < -0.4 is 0 Å². The van der Waals surface area contributed by atoms with Gasteiger partial charge in [-0.2, -0.15) is 0 Å². The fourth-order valence-electron chi connectivity index (χ4n) is 3.69. The number of hydrogen-bond acceptors (Lipinski definition) is 4. The Morgan fingerprint density at radius 1 is 0.643 bits per heavy atom. The quantitative estimate of drug-likeness (QED) is 0.323. The van der Waals surface area contributed by atoms with Crippen LogP contribution in [0.3, 0.4) is 0 Å². The minimum absolute atomic E-state index is 0.234. The molecule has 0 saturated heterocycles. The van der Waals surface area contributed by atoms with Crippen LogP contribution in [0.25, 0.3) is 0 Å². The van der Waals surface area contributed by atoms with E-state index in [4.69, 9.17) is 17.7 Å². The van der Waals surface area contributed by atoms with Crippen LogP contribution in [0, 0.1) is 5.92 Å². The zero-order valence-electron chi connectivity index (χ0n) is 16.0. The van der Waals surface area contributed by atoms with Gasteiger partial charge < -0.3 is 17.7 Å². The van der Waals surface area contributed by atoms with Gasteiger partial charge in [0.1, 0.15) is 23.0 Å². The molecule has 0 bridgehead atoms. The van der Waals surface area contributed by atoms with E-state index in [9.17, 15) is 0 Å². The first-order chi connectivity index (χ1) is 13.8. The van der Waals surface area contributed by atoms with Crippen LogP contribution in [0.5, 0.6) is 0 Å². The molecule has 0 aliphatic rings. The normalized spacial score (nSPS) is 12.5. The predicted molar refractivity (Wildman–Crippen MR) is 106 cm³/mol. The van der Waals surface area contributed by atoms with Gasteiger partial charge in [-0.3, -0.25) is 0 Å². The lowest BCUT2D eigenvalue weighted by Crippen LogP contribution is -2.15. The topological polar surface area (TPSA) is 52.6 Å². The molecule has 0 spiro atoms. The van der Waals surface area contributed by atoms with Gasteiger partial charge in [0, 0.05) is 25.7 Å². The highest BCUT2D eigenvalue weighted by atomic mass is 16.3. The highest BCUT2D eigenvalue weighted by Crippen LogP contribution is 2.29. The molecule has 0 aromatic carbocycles. The third-order valence-corrected chi connectivity index (χ3v) is 5.06. The number of furan rings is 4. The van der Waals surface area contributed by atoms with Crippen molar-refractivity contribution in [2.45, 2.75) is 32.6 Å². The third kappa shape index (κ3) is 4.58. The lowest BCUT2D eigenvalue weighted by molar-refractivity contribution is 0.419. The van der Waals surface area contributed by atoms with Gasteiger partial charge in [0.05, 0.1) is 25.1 Å². The third-order valence-electron chi connectivity index (χ3n) is 5.06. The fraction of sp³-hybridized carbons (Fsp3) is 0.250. The maximum absolute atomic E-state index is 5.67. The summed E-state index contributed by atoms with van der Waals surface area (Å²) in [5.74, 6) is 4.10. The van der Waals surface area contributed by atoms with Crippen molar-refractivity contribution < 1.29 is 17.7 Å². The second kappa shape index (κ2) is 8.70. The fourth-order valence-corrected chi connectivity index (χ4v) is 3.69. The minimum Gasteiger partial charge on any atom is -0.469 e. The van der Waals surface area contributed by atoms with Crippen molar-refractivity contribution in [3.05, 3.63) is 108 Å². The van der Waals surface area contributed by atoms with Gasteiger partial charge in [-0.05, 0) is 61.4 Å². The summed E-state index contributed by atoms with van der Waals surface area (Å²) < 4.78 is 22.6. The molecule has 0 amide bonds. The number of allylic oxidation sites excluding steroid dienone is 2. The maximum Gasteiger partial charge on any atom is 0.107 e. The summed E-state index contributed by atoms with van der Waals surface area (Å²) in [7, 11) is 0. The van der Waals surface area contributed by atoms with Crippen molar-refractivity contribution in [3.63, 3.8) is 0 Å². The molecule has 4 heterocycles. The van der Waals surface area contributed by atoms with Crippen LogP contribution in [-0.2, 0) is 25.7 Å². The first-order valence-electron chi connectivity index (χ1n) is 9.56. The first-order valence-corrected chi connectivity index (χ1v) is 9.56. The largest absolute Gasteiger partial charge is 0.469 e. The molecule has 4 nitrogen and oxygen atoms in total. The standard InChI is InChI=1S/C24H24O4/c1-18(14-20-6-2-10-25-20)24(17-23-9-5-13-28-23)19(15-21-7-3-11-26-21)16-22-8-4-12-27-22/h2-13,19H,14-17H2,1H3. The van der Waals surface area contributed by atoms with Crippen molar-refractivity contribution >= 4 is 0 Å². The maximum atomic E-state index is 5.67. The number of rotatable bonds is 9. The summed E-state index contributed by atoms with van der Waals surface area (Å²) in [6.45, 7) is 2.18. The summed E-state index contributed by atoms with van der Waals surface area (Å²) in [4.78, 5) is 0. The Morgan fingerprint density at radius 2 is 1.07 bits per heavy atom. The molecule has 0 saturated carbocycles. The highest BCUT2D eigenvalue weighted by molar-refractivity contribution is 5.27. The van der Waals surface area contributed by atoms with Crippen LogP contribution >= 0.6 is 0 Å². The van der Waals surface area contributed by atoms with Crippen LogP contribution in [0.1, 0.15) is 30.0 Å². The molecular weight excluding hydrogens is 352 g/mol. The molecule has 0 N–H and O–H groups in total. The molecule has 4 aromatic heterocycles. The Balaban J connectivity index is 1.68. The van der Waals surface area contributed by atoms with E-state index < -0.39 is 0 Å². The molecule has 0 fully saturated rings. The van der Waals surface area contributed by atoms with E-state index in [1.807, 2.05) is 48.5 Å².